The summed E-state index contributed by atoms with van der Waals surface area (Å²) in [5.41, 5.74) is 22.4. The lowest BCUT2D eigenvalue weighted by Gasteiger charge is -2.33. The molecule has 0 aliphatic heterocycles. The molecule has 2 aromatic heterocycles. The Balaban J connectivity index is 1.13. The molecule has 12 rings (SSSR count). The third-order valence-corrected chi connectivity index (χ3v) is 18.3. The van der Waals surface area contributed by atoms with E-state index < -0.39 is 0 Å². The van der Waals surface area contributed by atoms with Crippen LogP contribution in [0.5, 0.6) is 0 Å². The van der Waals surface area contributed by atoms with E-state index in [9.17, 15) is 0 Å². The van der Waals surface area contributed by atoms with E-state index in [0.717, 1.165) is 49.4 Å². The molecule has 386 valence electrons. The minimum atomic E-state index is -0.0431. The van der Waals surface area contributed by atoms with Gasteiger partial charge in [-0.05, 0) is 123 Å². The van der Waals surface area contributed by atoms with Gasteiger partial charge in [0.05, 0.1) is 5.56 Å². The predicted molar refractivity (Wildman–Crippen MR) is 325 cm³/mol. The molecular formula is C74H78O2. The SMILES string of the molecule is CCCCCCC1(CCCCCC)c2ccccc2-c2ccc(-c3cccc(-c4ccc5c(c4)C(CCCCCC)(CCCCCC)c4ccccc4-5)c3-c3c4oc5ccccc5c4cc4c3oc3ccccc34)cc21. The first-order valence-corrected chi connectivity index (χ1v) is 29.9. The van der Waals surface area contributed by atoms with E-state index in [1.54, 1.807) is 0 Å². The molecular weight excluding hydrogens is 921 g/mol. The van der Waals surface area contributed by atoms with Gasteiger partial charge in [-0.15, -0.1) is 0 Å². The van der Waals surface area contributed by atoms with Crippen LogP contribution in [0.4, 0.5) is 0 Å². The van der Waals surface area contributed by atoms with Crippen molar-refractivity contribution in [3.8, 4) is 55.6 Å². The maximum atomic E-state index is 7.22. The van der Waals surface area contributed by atoms with Crippen LogP contribution in [0, 0.1) is 0 Å². The van der Waals surface area contributed by atoms with Crippen LogP contribution in [0.3, 0.4) is 0 Å². The van der Waals surface area contributed by atoms with E-state index in [2.05, 4.69) is 185 Å². The van der Waals surface area contributed by atoms with Gasteiger partial charge in [0.15, 0.2) is 0 Å². The van der Waals surface area contributed by atoms with E-state index in [1.807, 2.05) is 0 Å². The van der Waals surface area contributed by atoms with Crippen molar-refractivity contribution in [2.75, 3.05) is 0 Å². The Hall–Kier alpha value is -6.64. The number of hydrogen-bond acceptors (Lipinski definition) is 2. The first kappa shape index (κ1) is 50.2. The third-order valence-electron chi connectivity index (χ3n) is 18.3. The van der Waals surface area contributed by atoms with E-state index >= 15 is 0 Å². The van der Waals surface area contributed by atoms with Gasteiger partial charge in [0.25, 0.3) is 0 Å². The number of hydrogen-bond donors (Lipinski definition) is 0. The Morgan fingerprint density at radius 2 is 0.658 bits per heavy atom. The highest BCUT2D eigenvalue weighted by molar-refractivity contribution is 6.24. The second kappa shape index (κ2) is 21.8. The fraction of sp³-hybridized carbons (Fsp3) is 0.351. The highest BCUT2D eigenvalue weighted by Gasteiger charge is 2.44. The lowest BCUT2D eigenvalue weighted by atomic mass is 9.70. The van der Waals surface area contributed by atoms with Gasteiger partial charge in [-0.25, -0.2) is 0 Å². The van der Waals surface area contributed by atoms with Gasteiger partial charge in [0.1, 0.15) is 22.3 Å². The summed E-state index contributed by atoms with van der Waals surface area (Å²) in [6, 6.07) is 60.7. The van der Waals surface area contributed by atoms with Crippen molar-refractivity contribution in [3.05, 3.63) is 180 Å². The molecule has 0 fully saturated rings. The molecule has 0 spiro atoms. The monoisotopic (exact) mass is 999 g/mol. The number of fused-ring (bicyclic) bond motifs is 12. The molecule has 2 heteroatoms. The second-order valence-corrected chi connectivity index (χ2v) is 22.9. The summed E-state index contributed by atoms with van der Waals surface area (Å²) in [6.07, 6.45) is 24.8. The molecule has 0 atom stereocenters. The largest absolute Gasteiger partial charge is 0.455 e. The Morgan fingerprint density at radius 1 is 0.289 bits per heavy atom. The Morgan fingerprint density at radius 3 is 1.08 bits per heavy atom. The first-order chi connectivity index (χ1) is 37.5. The van der Waals surface area contributed by atoms with Crippen molar-refractivity contribution >= 4 is 43.9 Å². The molecule has 0 amide bonds. The van der Waals surface area contributed by atoms with Crippen LogP contribution in [-0.4, -0.2) is 0 Å². The zero-order valence-electron chi connectivity index (χ0n) is 46.0. The number of para-hydroxylation sites is 2. The van der Waals surface area contributed by atoms with Gasteiger partial charge in [0, 0.05) is 37.9 Å². The summed E-state index contributed by atoms with van der Waals surface area (Å²) < 4.78 is 14.4. The fourth-order valence-electron chi connectivity index (χ4n) is 14.6. The van der Waals surface area contributed by atoms with Crippen molar-refractivity contribution in [2.45, 2.75) is 167 Å². The Kier molecular flexibility index (Phi) is 14.4. The van der Waals surface area contributed by atoms with Crippen LogP contribution in [0.2, 0.25) is 0 Å². The molecule has 0 unspecified atom stereocenters. The predicted octanol–water partition coefficient (Wildman–Crippen LogP) is 22.9. The molecule has 2 aliphatic carbocycles. The van der Waals surface area contributed by atoms with Crippen LogP contribution in [0.25, 0.3) is 99.5 Å². The average molecular weight is 999 g/mol. The van der Waals surface area contributed by atoms with Gasteiger partial charge in [-0.3, -0.25) is 0 Å². The summed E-state index contributed by atoms with van der Waals surface area (Å²) in [4.78, 5) is 0. The lowest BCUT2D eigenvalue weighted by Crippen LogP contribution is -2.25. The van der Waals surface area contributed by atoms with Crippen LogP contribution >= 0.6 is 0 Å². The maximum Gasteiger partial charge on any atom is 0.147 e. The average Bonchev–Trinajstić information content (AvgIpc) is 4.22. The van der Waals surface area contributed by atoms with Gasteiger partial charge in [-0.2, -0.15) is 0 Å². The third kappa shape index (κ3) is 8.63. The molecule has 0 radical (unpaired) electrons. The molecule has 2 aliphatic rings. The van der Waals surface area contributed by atoms with Crippen molar-refractivity contribution < 1.29 is 8.83 Å². The van der Waals surface area contributed by atoms with Crippen molar-refractivity contribution in [2.24, 2.45) is 0 Å². The lowest BCUT2D eigenvalue weighted by molar-refractivity contribution is 0.401. The molecule has 0 saturated heterocycles. The van der Waals surface area contributed by atoms with Crippen molar-refractivity contribution in [1.29, 1.82) is 0 Å². The molecule has 2 nitrogen and oxygen atoms in total. The quantitative estimate of drug-likeness (QED) is 0.0597. The van der Waals surface area contributed by atoms with Gasteiger partial charge >= 0.3 is 0 Å². The molecule has 0 saturated carbocycles. The summed E-state index contributed by atoms with van der Waals surface area (Å²) >= 11 is 0. The van der Waals surface area contributed by atoms with Crippen molar-refractivity contribution in [1.82, 2.24) is 0 Å². The molecule has 8 aromatic carbocycles. The fourth-order valence-corrected chi connectivity index (χ4v) is 14.6. The maximum absolute atomic E-state index is 7.22. The second-order valence-electron chi connectivity index (χ2n) is 22.9. The highest BCUT2D eigenvalue weighted by Crippen LogP contribution is 2.59. The summed E-state index contributed by atoms with van der Waals surface area (Å²) in [7, 11) is 0. The molecule has 0 bridgehead atoms. The number of benzene rings is 8. The normalized spacial score (nSPS) is 14.0. The number of rotatable bonds is 23. The summed E-state index contributed by atoms with van der Waals surface area (Å²) in [6.45, 7) is 9.35. The molecule has 76 heavy (non-hydrogen) atoms. The van der Waals surface area contributed by atoms with Crippen LogP contribution in [-0.2, 0) is 10.8 Å². The van der Waals surface area contributed by atoms with E-state index in [4.69, 9.17) is 8.83 Å². The van der Waals surface area contributed by atoms with Gasteiger partial charge in [0.2, 0.25) is 0 Å². The smallest absolute Gasteiger partial charge is 0.147 e. The van der Waals surface area contributed by atoms with Crippen LogP contribution in [0.15, 0.2) is 167 Å². The summed E-state index contributed by atoms with van der Waals surface area (Å²) in [5.74, 6) is 0. The Labute approximate surface area is 453 Å². The summed E-state index contributed by atoms with van der Waals surface area (Å²) in [5, 5.41) is 4.50. The topological polar surface area (TPSA) is 26.3 Å². The van der Waals surface area contributed by atoms with Crippen LogP contribution in [0.1, 0.15) is 178 Å². The van der Waals surface area contributed by atoms with E-state index in [-0.39, 0.29) is 10.8 Å². The molecule has 0 N–H and O–H groups in total. The first-order valence-electron chi connectivity index (χ1n) is 29.9. The van der Waals surface area contributed by atoms with E-state index in [1.165, 1.54) is 201 Å². The van der Waals surface area contributed by atoms with Gasteiger partial charge < -0.3 is 8.83 Å². The Bertz CT molecular complexity index is 3430. The highest BCUT2D eigenvalue weighted by atomic mass is 16.3. The zero-order valence-corrected chi connectivity index (χ0v) is 46.0. The van der Waals surface area contributed by atoms with Crippen LogP contribution < -0.4 is 0 Å². The van der Waals surface area contributed by atoms with Crippen molar-refractivity contribution in [3.63, 3.8) is 0 Å². The van der Waals surface area contributed by atoms with Gasteiger partial charge in [-0.1, -0.05) is 258 Å². The minimum absolute atomic E-state index is 0.0431. The number of furan rings is 2. The minimum Gasteiger partial charge on any atom is -0.455 e. The number of unbranched alkanes of at least 4 members (excludes halogenated alkanes) is 12. The molecule has 10 aromatic rings. The molecule has 2 heterocycles. The standard InChI is InChI=1S/C74H78O2/c1-5-9-13-25-44-73(45-26-14-10-6-2)63-36-21-17-30-55(63)57-42-40-51(48-65(57)73)53-34-29-35-54(69(53)70-71-61(59-32-19-23-38-67(59)75-71)50-62-60-33-20-24-39-68(60)76-72(62)70)52-41-43-58-56-31-18-22-37-64(56)74(66(58)49-52,46-27-15-11-7-3)47-28-16-12-8-4/h17-24,29-43,48-50H,5-16,25-28,44-47H2,1-4H3. The van der Waals surface area contributed by atoms with E-state index in [0.29, 0.717) is 0 Å². The zero-order chi connectivity index (χ0) is 51.6.